The summed E-state index contributed by atoms with van der Waals surface area (Å²) >= 11 is 6.08. The number of halogens is 2. The van der Waals surface area contributed by atoms with Crippen molar-refractivity contribution in [1.82, 2.24) is 4.72 Å². The number of methoxy groups -OCH3 is 1. The molecule has 122 valence electrons. The van der Waals surface area contributed by atoms with Gasteiger partial charge in [0.1, 0.15) is 23.7 Å². The first-order valence-corrected chi connectivity index (χ1v) is 8.09. The highest BCUT2D eigenvalue weighted by Gasteiger charge is 2.38. The molecule has 2 aromatic carbocycles. The Morgan fingerprint density at radius 1 is 1.43 bits per heavy atom. The van der Waals surface area contributed by atoms with Gasteiger partial charge in [0.05, 0.1) is 12.1 Å². The molecule has 1 aliphatic rings. The molecule has 0 bridgehead atoms. The number of phenolic OH excluding ortho intramolecular Hbond substituents is 1. The van der Waals surface area contributed by atoms with E-state index in [1.54, 1.807) is 4.72 Å². The SMILES string of the molecule is COc1ccc2cc(O)c(N3CC(=O)NS3(=O)=O)c(F)c2c1Cl. The molecular weight excluding hydrogens is 351 g/mol. The van der Waals surface area contributed by atoms with Crippen LogP contribution in [-0.4, -0.2) is 33.1 Å². The van der Waals surface area contributed by atoms with Gasteiger partial charge in [0, 0.05) is 5.39 Å². The van der Waals surface area contributed by atoms with Gasteiger partial charge in [-0.15, -0.1) is 0 Å². The second-order valence-electron chi connectivity index (χ2n) is 4.78. The van der Waals surface area contributed by atoms with E-state index >= 15 is 0 Å². The van der Waals surface area contributed by atoms with E-state index in [0.29, 0.717) is 4.31 Å². The Labute approximate surface area is 135 Å². The van der Waals surface area contributed by atoms with Crippen LogP contribution in [0.5, 0.6) is 11.5 Å². The summed E-state index contributed by atoms with van der Waals surface area (Å²) in [6, 6.07) is 4.12. The van der Waals surface area contributed by atoms with Gasteiger partial charge in [-0.05, 0) is 17.5 Å². The summed E-state index contributed by atoms with van der Waals surface area (Å²) in [5.41, 5.74) is -0.647. The number of hydrogen-bond donors (Lipinski definition) is 2. The largest absolute Gasteiger partial charge is 0.506 e. The van der Waals surface area contributed by atoms with Crippen LogP contribution in [0.3, 0.4) is 0 Å². The maximum Gasteiger partial charge on any atom is 0.326 e. The van der Waals surface area contributed by atoms with E-state index < -0.39 is 39.9 Å². The van der Waals surface area contributed by atoms with E-state index in [1.165, 1.54) is 19.2 Å². The number of hydrogen-bond acceptors (Lipinski definition) is 5. The molecule has 7 nitrogen and oxygen atoms in total. The van der Waals surface area contributed by atoms with Gasteiger partial charge >= 0.3 is 10.2 Å². The Hall–Kier alpha value is -2.26. The summed E-state index contributed by atoms with van der Waals surface area (Å²) in [4.78, 5) is 11.3. The summed E-state index contributed by atoms with van der Waals surface area (Å²) in [6.07, 6.45) is 0. The molecule has 1 amide bonds. The van der Waals surface area contributed by atoms with Crippen LogP contribution in [-0.2, 0) is 15.0 Å². The number of nitrogens with one attached hydrogen (secondary N) is 1. The Morgan fingerprint density at radius 3 is 2.70 bits per heavy atom. The van der Waals surface area contributed by atoms with Crippen molar-refractivity contribution in [1.29, 1.82) is 0 Å². The summed E-state index contributed by atoms with van der Waals surface area (Å²) in [6.45, 7) is -0.639. The number of nitrogens with zero attached hydrogens (tertiary/aromatic N) is 1. The van der Waals surface area contributed by atoms with Gasteiger partial charge < -0.3 is 9.84 Å². The maximum atomic E-state index is 14.9. The third-order valence-electron chi connectivity index (χ3n) is 3.39. The highest BCUT2D eigenvalue weighted by molar-refractivity contribution is 7.92. The van der Waals surface area contributed by atoms with Crippen molar-refractivity contribution in [2.45, 2.75) is 0 Å². The molecule has 10 heteroatoms. The van der Waals surface area contributed by atoms with Crippen molar-refractivity contribution in [3.63, 3.8) is 0 Å². The van der Waals surface area contributed by atoms with Crippen LogP contribution in [0.1, 0.15) is 0 Å². The van der Waals surface area contributed by atoms with Crippen molar-refractivity contribution in [2.24, 2.45) is 0 Å². The number of ether oxygens (including phenoxy) is 1. The van der Waals surface area contributed by atoms with Gasteiger partial charge in [-0.25, -0.2) is 13.4 Å². The second-order valence-corrected chi connectivity index (χ2v) is 6.75. The third kappa shape index (κ3) is 2.32. The zero-order valence-corrected chi connectivity index (χ0v) is 13.2. The number of carbonyl (C=O) groups excluding carboxylic acids is 1. The molecular formula is C13H10ClFN2O5S. The summed E-state index contributed by atoms with van der Waals surface area (Å²) < 4.78 is 45.8. The predicted molar refractivity (Wildman–Crippen MR) is 81.5 cm³/mol. The molecule has 0 spiro atoms. The van der Waals surface area contributed by atoms with Crippen LogP contribution in [0.2, 0.25) is 5.02 Å². The first-order chi connectivity index (χ1) is 10.8. The second kappa shape index (κ2) is 5.14. The van der Waals surface area contributed by atoms with Gasteiger partial charge in [0.15, 0.2) is 5.82 Å². The molecule has 0 aliphatic carbocycles. The fraction of sp³-hybridized carbons (Fsp3) is 0.154. The number of rotatable bonds is 2. The summed E-state index contributed by atoms with van der Waals surface area (Å²) in [7, 11) is -2.93. The number of anilines is 1. The molecule has 3 rings (SSSR count). The number of phenols is 1. The fourth-order valence-electron chi connectivity index (χ4n) is 2.40. The molecule has 23 heavy (non-hydrogen) atoms. The van der Waals surface area contributed by atoms with Crippen LogP contribution in [0.4, 0.5) is 10.1 Å². The van der Waals surface area contributed by atoms with Gasteiger partial charge in [-0.1, -0.05) is 17.7 Å². The van der Waals surface area contributed by atoms with Crippen molar-refractivity contribution < 1.29 is 27.4 Å². The number of benzene rings is 2. The summed E-state index contributed by atoms with van der Waals surface area (Å²) in [5, 5.41) is 10.1. The predicted octanol–water partition coefficient (Wildman–Crippen LogP) is 1.53. The number of carbonyl (C=O) groups is 1. The van der Waals surface area contributed by atoms with Crippen LogP contribution >= 0.6 is 11.6 Å². The minimum atomic E-state index is -4.27. The maximum absolute atomic E-state index is 14.9. The van der Waals surface area contributed by atoms with Crippen molar-refractivity contribution in [3.8, 4) is 11.5 Å². The van der Waals surface area contributed by atoms with Crippen LogP contribution in [0.25, 0.3) is 10.8 Å². The van der Waals surface area contributed by atoms with Crippen molar-refractivity contribution in [2.75, 3.05) is 18.0 Å². The van der Waals surface area contributed by atoms with Crippen molar-refractivity contribution in [3.05, 3.63) is 29.0 Å². The molecule has 0 unspecified atom stereocenters. The zero-order valence-electron chi connectivity index (χ0n) is 11.6. The molecule has 1 heterocycles. The van der Waals surface area contributed by atoms with Gasteiger partial charge in [0.2, 0.25) is 0 Å². The van der Waals surface area contributed by atoms with Gasteiger partial charge in [-0.2, -0.15) is 8.42 Å². The summed E-state index contributed by atoms with van der Waals surface area (Å²) in [5.74, 6) is -2.34. The number of fused-ring (bicyclic) bond motifs is 1. The Bertz CT molecular complexity index is 947. The third-order valence-corrected chi connectivity index (χ3v) is 5.14. The average molecular weight is 361 g/mol. The molecule has 0 aromatic heterocycles. The van der Waals surface area contributed by atoms with Gasteiger partial charge in [-0.3, -0.25) is 4.79 Å². The number of aromatic hydroxyl groups is 1. The standard InChI is InChI=1S/C13H10ClFN2O5S/c1-22-8-3-2-6-4-7(18)13(12(15)10(6)11(8)14)17-5-9(19)16-23(17,20)21/h2-4,18H,5H2,1H3,(H,16,19). The molecule has 0 atom stereocenters. The Kier molecular flexibility index (Phi) is 3.49. The molecule has 0 radical (unpaired) electrons. The first kappa shape index (κ1) is 15.6. The van der Waals surface area contributed by atoms with Gasteiger partial charge in [0.25, 0.3) is 5.91 Å². The molecule has 1 fully saturated rings. The molecule has 1 aliphatic heterocycles. The lowest BCUT2D eigenvalue weighted by molar-refractivity contribution is -0.117. The average Bonchev–Trinajstić information content (AvgIpc) is 2.71. The first-order valence-electron chi connectivity index (χ1n) is 6.27. The van der Waals surface area contributed by atoms with E-state index in [2.05, 4.69) is 0 Å². The minimum absolute atomic E-state index is 0.0698. The van der Waals surface area contributed by atoms with E-state index in [4.69, 9.17) is 16.3 Å². The van der Waals surface area contributed by atoms with E-state index in [1.807, 2.05) is 0 Å². The lowest BCUT2D eigenvalue weighted by Gasteiger charge is -2.19. The topological polar surface area (TPSA) is 95.9 Å². The van der Waals surface area contributed by atoms with Crippen LogP contribution in [0.15, 0.2) is 18.2 Å². The quantitative estimate of drug-likeness (QED) is 0.846. The molecule has 2 N–H and O–H groups in total. The smallest absolute Gasteiger partial charge is 0.326 e. The zero-order chi connectivity index (χ0) is 16.9. The highest BCUT2D eigenvalue weighted by atomic mass is 35.5. The van der Waals surface area contributed by atoms with E-state index in [9.17, 15) is 22.7 Å². The number of amides is 1. The lowest BCUT2D eigenvalue weighted by atomic mass is 10.1. The van der Waals surface area contributed by atoms with E-state index in [-0.39, 0.29) is 21.5 Å². The minimum Gasteiger partial charge on any atom is -0.506 e. The van der Waals surface area contributed by atoms with Crippen molar-refractivity contribution >= 4 is 44.2 Å². The molecule has 2 aromatic rings. The Balaban J connectivity index is 2.34. The van der Waals surface area contributed by atoms with Crippen LogP contribution < -0.4 is 13.8 Å². The normalized spacial score (nSPS) is 16.7. The monoisotopic (exact) mass is 360 g/mol. The lowest BCUT2D eigenvalue weighted by Crippen LogP contribution is -2.30. The molecule has 1 saturated heterocycles. The van der Waals surface area contributed by atoms with E-state index in [0.717, 1.165) is 6.07 Å². The van der Waals surface area contributed by atoms with Crippen LogP contribution in [0, 0.1) is 5.82 Å². The molecule has 0 saturated carbocycles. The Morgan fingerprint density at radius 2 is 2.13 bits per heavy atom. The highest BCUT2D eigenvalue weighted by Crippen LogP contribution is 2.43. The fourth-order valence-corrected chi connectivity index (χ4v) is 3.90.